The average Bonchev–Trinajstić information content (AvgIpc) is 3.25. The van der Waals surface area contributed by atoms with E-state index >= 15 is 0 Å². The Bertz CT molecular complexity index is 1150. The fourth-order valence-corrected chi connectivity index (χ4v) is 4.89. The highest BCUT2D eigenvalue weighted by atomic mass is 35.5. The fraction of sp³-hybridized carbons (Fsp3) is 0.346. The highest BCUT2D eigenvalue weighted by Gasteiger charge is 2.71. The zero-order valence-corrected chi connectivity index (χ0v) is 20.9. The van der Waals surface area contributed by atoms with Crippen molar-refractivity contribution in [1.82, 2.24) is 10.2 Å². The number of likely N-dealkylation sites (tertiary alicyclic amines) is 1. The van der Waals surface area contributed by atoms with Gasteiger partial charge in [-0.3, -0.25) is 9.69 Å². The summed E-state index contributed by atoms with van der Waals surface area (Å²) in [5, 5.41) is 14.0. The molecule has 188 valence electrons. The van der Waals surface area contributed by atoms with Crippen molar-refractivity contribution in [3.05, 3.63) is 71.4 Å². The summed E-state index contributed by atoms with van der Waals surface area (Å²) < 4.78 is 16.3. The number of carbonyl (C=O) groups is 2. The Morgan fingerprint density at radius 1 is 1.14 bits per heavy atom. The van der Waals surface area contributed by atoms with Gasteiger partial charge in [-0.05, 0) is 48.5 Å². The second kappa shape index (κ2) is 11.2. The number of halogens is 2. The maximum atomic E-state index is 12.6. The van der Waals surface area contributed by atoms with E-state index in [1.54, 1.807) is 48.5 Å². The summed E-state index contributed by atoms with van der Waals surface area (Å²) >= 11 is 11.8. The third-order valence-electron chi connectivity index (χ3n) is 6.50. The zero-order valence-electron chi connectivity index (χ0n) is 19.4. The molecule has 36 heavy (non-hydrogen) atoms. The Hall–Kier alpha value is -3.25. The number of ether oxygens (including phenoxy) is 3. The SMILES string of the molecule is C=COC(=O)C(CCOc1ccc(Cl)cc1)N1C[C@H]2C(NC(=O)COc3ccc(Cl)cc3)[C@@]2(C#N)C1. The summed E-state index contributed by atoms with van der Waals surface area (Å²) in [6.07, 6.45) is 1.45. The zero-order chi connectivity index (χ0) is 25.7. The number of hydrogen-bond donors (Lipinski definition) is 1. The van der Waals surface area contributed by atoms with Gasteiger partial charge in [0.25, 0.3) is 5.91 Å². The molecule has 0 bridgehead atoms. The Balaban J connectivity index is 1.31. The van der Waals surface area contributed by atoms with Gasteiger partial charge in [-0.2, -0.15) is 5.26 Å². The molecule has 2 aromatic carbocycles. The van der Waals surface area contributed by atoms with E-state index in [2.05, 4.69) is 18.0 Å². The second-order valence-electron chi connectivity index (χ2n) is 8.69. The number of esters is 1. The highest BCUT2D eigenvalue weighted by molar-refractivity contribution is 6.30. The number of fused-ring (bicyclic) bond motifs is 1. The van der Waals surface area contributed by atoms with Crippen LogP contribution in [0.5, 0.6) is 11.5 Å². The van der Waals surface area contributed by atoms with E-state index in [1.165, 1.54) is 0 Å². The van der Waals surface area contributed by atoms with Gasteiger partial charge in [-0.1, -0.05) is 29.8 Å². The van der Waals surface area contributed by atoms with Crippen molar-refractivity contribution in [1.29, 1.82) is 5.26 Å². The number of piperidine rings is 1. The monoisotopic (exact) mass is 529 g/mol. The molecule has 4 atom stereocenters. The number of hydrogen-bond acceptors (Lipinski definition) is 7. The van der Waals surface area contributed by atoms with Gasteiger partial charge in [-0.15, -0.1) is 0 Å². The first-order valence-corrected chi connectivity index (χ1v) is 12.1. The summed E-state index contributed by atoms with van der Waals surface area (Å²) in [5.74, 6) is 0.284. The molecule has 1 saturated heterocycles. The van der Waals surface area contributed by atoms with Gasteiger partial charge in [0, 0.05) is 35.5 Å². The van der Waals surface area contributed by atoms with Crippen molar-refractivity contribution in [3.8, 4) is 17.6 Å². The van der Waals surface area contributed by atoms with E-state index in [0.29, 0.717) is 41.1 Å². The Morgan fingerprint density at radius 2 is 1.75 bits per heavy atom. The van der Waals surface area contributed by atoms with Gasteiger partial charge in [0.1, 0.15) is 17.5 Å². The molecule has 2 unspecified atom stereocenters. The minimum atomic E-state index is -0.764. The molecule has 1 aliphatic heterocycles. The third kappa shape index (κ3) is 5.76. The first-order valence-electron chi connectivity index (χ1n) is 11.4. The molecule has 0 aromatic heterocycles. The van der Waals surface area contributed by atoms with E-state index in [9.17, 15) is 14.9 Å². The smallest absolute Gasteiger partial charge is 0.328 e. The second-order valence-corrected chi connectivity index (χ2v) is 9.56. The lowest BCUT2D eigenvalue weighted by atomic mass is 10.1. The van der Waals surface area contributed by atoms with Crippen LogP contribution in [0.15, 0.2) is 61.4 Å². The number of benzene rings is 2. The van der Waals surface area contributed by atoms with E-state index < -0.39 is 17.4 Å². The van der Waals surface area contributed by atoms with Crippen LogP contribution in [0.2, 0.25) is 10.0 Å². The summed E-state index contributed by atoms with van der Waals surface area (Å²) in [6, 6.07) is 15.1. The number of carbonyl (C=O) groups excluding carboxylic acids is 2. The predicted molar refractivity (Wildman–Crippen MR) is 134 cm³/mol. The molecule has 0 spiro atoms. The van der Waals surface area contributed by atoms with Crippen LogP contribution in [0.3, 0.4) is 0 Å². The molecule has 1 heterocycles. The fourth-order valence-electron chi connectivity index (χ4n) is 4.63. The van der Waals surface area contributed by atoms with Crippen molar-refractivity contribution in [3.63, 3.8) is 0 Å². The molecule has 1 saturated carbocycles. The van der Waals surface area contributed by atoms with Crippen LogP contribution < -0.4 is 14.8 Å². The molecular formula is C26H25Cl2N3O5. The van der Waals surface area contributed by atoms with E-state index in [4.69, 9.17) is 37.4 Å². The Kier molecular flexibility index (Phi) is 8.04. The number of amides is 1. The molecule has 1 N–H and O–H groups in total. The molecule has 2 aliphatic rings. The molecule has 0 radical (unpaired) electrons. The van der Waals surface area contributed by atoms with Gasteiger partial charge < -0.3 is 19.5 Å². The van der Waals surface area contributed by atoms with Crippen LogP contribution in [0, 0.1) is 22.7 Å². The van der Waals surface area contributed by atoms with Gasteiger partial charge in [0.2, 0.25) is 0 Å². The standard InChI is InChI=1S/C26H25Cl2N3O5/c1-2-34-25(33)22(11-12-35-19-7-3-17(27)4-8-19)31-13-21-24(26(21,15-29)16-31)30-23(32)14-36-20-9-5-18(28)6-10-20/h2-10,21-22,24H,1,11-14,16H2,(H,30,32)/t21-,22?,24?,26-/m0/s1. The minimum Gasteiger partial charge on any atom is -0.494 e. The first kappa shape index (κ1) is 25.8. The third-order valence-corrected chi connectivity index (χ3v) is 7.00. The molecule has 2 aromatic rings. The lowest BCUT2D eigenvalue weighted by Gasteiger charge is -2.28. The van der Waals surface area contributed by atoms with E-state index in [0.717, 1.165) is 6.26 Å². The number of nitriles is 1. The van der Waals surface area contributed by atoms with Crippen molar-refractivity contribution in [2.75, 3.05) is 26.3 Å². The number of rotatable bonds is 11. The number of nitrogens with one attached hydrogen (secondary N) is 1. The Labute approximate surface area is 219 Å². The Morgan fingerprint density at radius 3 is 2.31 bits per heavy atom. The maximum absolute atomic E-state index is 12.6. The highest BCUT2D eigenvalue weighted by Crippen LogP contribution is 2.57. The molecule has 1 amide bonds. The van der Waals surface area contributed by atoms with Crippen LogP contribution in [0.1, 0.15) is 6.42 Å². The summed E-state index contributed by atoms with van der Waals surface area (Å²) in [6.45, 7) is 4.35. The molecule has 10 heteroatoms. The predicted octanol–water partition coefficient (Wildman–Crippen LogP) is 3.84. The first-order chi connectivity index (χ1) is 17.4. The van der Waals surface area contributed by atoms with Crippen molar-refractivity contribution in [2.45, 2.75) is 18.5 Å². The lowest BCUT2D eigenvalue weighted by Crippen LogP contribution is -2.46. The number of nitrogens with zero attached hydrogens (tertiary/aromatic N) is 2. The van der Waals surface area contributed by atoms with Gasteiger partial charge in [-0.25, -0.2) is 4.79 Å². The van der Waals surface area contributed by atoms with Gasteiger partial charge in [0.05, 0.1) is 30.4 Å². The average molecular weight is 530 g/mol. The maximum Gasteiger partial charge on any atom is 0.328 e. The summed E-state index contributed by atoms with van der Waals surface area (Å²) in [7, 11) is 0. The van der Waals surface area contributed by atoms with Crippen molar-refractivity contribution in [2.24, 2.45) is 11.3 Å². The van der Waals surface area contributed by atoms with Crippen LogP contribution >= 0.6 is 23.2 Å². The van der Waals surface area contributed by atoms with E-state index in [-0.39, 0.29) is 31.1 Å². The minimum absolute atomic E-state index is 0.0989. The van der Waals surface area contributed by atoms with Crippen LogP contribution in [0.25, 0.3) is 0 Å². The van der Waals surface area contributed by atoms with Crippen LogP contribution in [-0.2, 0) is 14.3 Å². The summed E-state index contributed by atoms with van der Waals surface area (Å²) in [5.41, 5.74) is -0.764. The largest absolute Gasteiger partial charge is 0.494 e. The molecular weight excluding hydrogens is 505 g/mol. The van der Waals surface area contributed by atoms with Crippen molar-refractivity contribution >= 4 is 35.1 Å². The van der Waals surface area contributed by atoms with Gasteiger partial charge >= 0.3 is 5.97 Å². The topological polar surface area (TPSA) is 101 Å². The summed E-state index contributed by atoms with van der Waals surface area (Å²) in [4.78, 5) is 27.0. The van der Waals surface area contributed by atoms with Gasteiger partial charge in [0.15, 0.2) is 6.61 Å². The van der Waals surface area contributed by atoms with Crippen LogP contribution in [0.4, 0.5) is 0 Å². The van der Waals surface area contributed by atoms with E-state index in [1.807, 2.05) is 4.90 Å². The quantitative estimate of drug-likeness (QED) is 0.348. The molecule has 1 aliphatic carbocycles. The van der Waals surface area contributed by atoms with Crippen molar-refractivity contribution < 1.29 is 23.8 Å². The lowest BCUT2D eigenvalue weighted by molar-refractivity contribution is -0.144. The molecule has 4 rings (SSSR count). The molecule has 2 fully saturated rings. The molecule has 8 nitrogen and oxygen atoms in total. The normalized spacial score (nSPS) is 23.0. The van der Waals surface area contributed by atoms with Crippen LogP contribution in [-0.4, -0.2) is 55.2 Å².